The summed E-state index contributed by atoms with van der Waals surface area (Å²) in [5.74, 6) is -2.77. The highest BCUT2D eigenvalue weighted by Gasteiger charge is 2.61. The van der Waals surface area contributed by atoms with Crippen LogP contribution < -0.4 is 5.32 Å². The van der Waals surface area contributed by atoms with Gasteiger partial charge in [-0.25, -0.2) is 0 Å². The molecule has 1 saturated heterocycles. The number of alkyl halides is 2. The summed E-state index contributed by atoms with van der Waals surface area (Å²) >= 11 is 0. The fourth-order valence-electron chi connectivity index (χ4n) is 2.58. The molecule has 0 aromatic rings. The highest BCUT2D eigenvalue weighted by Crippen LogP contribution is 2.40. The number of halogens is 2. The van der Waals surface area contributed by atoms with Crippen LogP contribution in [0.2, 0.25) is 0 Å². The third-order valence-electron chi connectivity index (χ3n) is 3.75. The number of rotatable bonds is 3. The zero-order chi connectivity index (χ0) is 19.9. The molecule has 2 rings (SSSR count). The monoisotopic (exact) mass is 373 g/mol. The number of ether oxygens (including phenoxy) is 2. The highest BCUT2D eigenvalue weighted by molar-refractivity contribution is 5.95. The van der Waals surface area contributed by atoms with Crippen molar-refractivity contribution in [1.29, 1.82) is 0 Å². The molecule has 148 valence electrons. The number of hydrogen-bond donors (Lipinski definition) is 2. The zero-order valence-electron chi connectivity index (χ0n) is 16.2. The maximum Gasteiger partial charge on any atom is 0.320 e. The van der Waals surface area contributed by atoms with Crippen molar-refractivity contribution in [3.05, 3.63) is 24.7 Å². The maximum atomic E-state index is 14.6. The molecule has 2 N–H and O–H groups in total. The van der Waals surface area contributed by atoms with Crippen LogP contribution in [0.1, 0.15) is 41.5 Å². The van der Waals surface area contributed by atoms with Crippen LogP contribution in [0.15, 0.2) is 29.7 Å². The van der Waals surface area contributed by atoms with Crippen LogP contribution in [0.4, 0.5) is 8.78 Å². The molecule has 0 spiro atoms. The van der Waals surface area contributed by atoms with Crippen LogP contribution in [0.5, 0.6) is 0 Å². The van der Waals surface area contributed by atoms with Gasteiger partial charge in [0.15, 0.2) is 6.10 Å². The number of aliphatic hydroxyl groups excluding tert-OH is 1. The van der Waals surface area contributed by atoms with E-state index in [1.165, 1.54) is 11.1 Å². The van der Waals surface area contributed by atoms with Crippen molar-refractivity contribution in [3.8, 4) is 0 Å². The zero-order valence-corrected chi connectivity index (χ0v) is 16.2. The first-order valence-corrected chi connectivity index (χ1v) is 8.58. The van der Waals surface area contributed by atoms with Gasteiger partial charge in [-0.2, -0.15) is 8.78 Å². The molecule has 8 heteroatoms. The van der Waals surface area contributed by atoms with Gasteiger partial charge in [-0.3, -0.25) is 4.99 Å². The molecule has 26 heavy (non-hydrogen) atoms. The standard InChI is InChI=1S/C18H29F2N3O3/c1-11-21-13(22-16(2,3)4)8-9-23(11)15-18(19,20)14(24)12(26-15)10-25-17(5,6)7/h8-9,12,14-15,24H,1,10H2,2-7H3,(H,21,22)/t12-,14+,15-/m1/s1. The Labute approximate surface area is 153 Å². The summed E-state index contributed by atoms with van der Waals surface area (Å²) in [6, 6.07) is 0. The topological polar surface area (TPSA) is 66.3 Å². The number of aliphatic imine (C=N–C) groups is 1. The van der Waals surface area contributed by atoms with Crippen LogP contribution in [0.3, 0.4) is 0 Å². The SMILES string of the molecule is C=C1NC(=NC(C)(C)C)C=CN1[C@@H]1O[C@H](COC(C)(C)C)[C@H](O)C1(F)F. The van der Waals surface area contributed by atoms with Gasteiger partial charge in [0.25, 0.3) is 0 Å². The Balaban J connectivity index is 2.16. The molecule has 0 aromatic carbocycles. The number of nitrogens with one attached hydrogen (secondary N) is 1. The molecular weight excluding hydrogens is 344 g/mol. The summed E-state index contributed by atoms with van der Waals surface area (Å²) in [7, 11) is 0. The Morgan fingerprint density at radius 2 is 1.96 bits per heavy atom. The van der Waals surface area contributed by atoms with Crippen molar-refractivity contribution in [2.24, 2.45) is 4.99 Å². The maximum absolute atomic E-state index is 14.6. The Bertz CT molecular complexity index is 606. The number of nitrogens with zero attached hydrogens (tertiary/aromatic N) is 2. The minimum absolute atomic E-state index is 0.134. The van der Waals surface area contributed by atoms with Gasteiger partial charge < -0.3 is 24.8 Å². The molecule has 0 bridgehead atoms. The van der Waals surface area contributed by atoms with Crippen molar-refractivity contribution in [2.75, 3.05) is 6.61 Å². The Morgan fingerprint density at radius 3 is 2.46 bits per heavy atom. The van der Waals surface area contributed by atoms with E-state index in [9.17, 15) is 13.9 Å². The number of amidine groups is 1. The minimum atomic E-state index is -3.49. The number of hydrogen-bond acceptors (Lipinski definition) is 5. The summed E-state index contributed by atoms with van der Waals surface area (Å²) in [5.41, 5.74) is -0.848. The average Bonchev–Trinajstić information content (AvgIpc) is 2.66. The molecule has 2 aliphatic rings. The van der Waals surface area contributed by atoms with Gasteiger partial charge >= 0.3 is 5.92 Å². The molecule has 1 fully saturated rings. The van der Waals surface area contributed by atoms with Gasteiger partial charge in [0.1, 0.15) is 17.8 Å². The van der Waals surface area contributed by atoms with Crippen LogP contribution in [-0.4, -0.2) is 57.9 Å². The lowest BCUT2D eigenvalue weighted by Crippen LogP contribution is -2.50. The normalized spacial score (nSPS) is 30.8. The summed E-state index contributed by atoms with van der Waals surface area (Å²) in [4.78, 5) is 5.60. The van der Waals surface area contributed by atoms with Crippen LogP contribution in [0.25, 0.3) is 0 Å². The van der Waals surface area contributed by atoms with Crippen LogP contribution in [0, 0.1) is 0 Å². The molecule has 2 heterocycles. The molecule has 0 saturated carbocycles. The second-order valence-electron chi connectivity index (χ2n) is 8.53. The van der Waals surface area contributed by atoms with Gasteiger partial charge in [0.2, 0.25) is 6.23 Å². The number of aliphatic hydroxyl groups is 1. The van der Waals surface area contributed by atoms with Gasteiger partial charge in [0.05, 0.1) is 17.7 Å². The summed E-state index contributed by atoms with van der Waals surface area (Å²) in [6.45, 7) is 14.8. The van der Waals surface area contributed by atoms with Gasteiger partial charge in [-0.05, 0) is 47.6 Å². The Kier molecular flexibility index (Phi) is 5.52. The lowest BCUT2D eigenvalue weighted by molar-refractivity contribution is -0.150. The molecular formula is C18H29F2N3O3. The Hall–Kier alpha value is -1.51. The third-order valence-corrected chi connectivity index (χ3v) is 3.75. The second kappa shape index (κ2) is 6.90. The molecule has 0 aromatic heterocycles. The quantitative estimate of drug-likeness (QED) is 0.796. The fraction of sp³-hybridized carbons (Fsp3) is 0.722. The van der Waals surface area contributed by atoms with Crippen molar-refractivity contribution in [3.63, 3.8) is 0 Å². The molecule has 0 unspecified atom stereocenters. The van der Waals surface area contributed by atoms with Crippen molar-refractivity contribution >= 4 is 5.84 Å². The van der Waals surface area contributed by atoms with Crippen molar-refractivity contribution in [2.45, 2.75) is 77.0 Å². The largest absolute Gasteiger partial charge is 0.384 e. The predicted molar refractivity (Wildman–Crippen MR) is 95.8 cm³/mol. The Morgan fingerprint density at radius 1 is 1.35 bits per heavy atom. The molecule has 6 nitrogen and oxygen atoms in total. The first kappa shape index (κ1) is 20.8. The highest BCUT2D eigenvalue weighted by atomic mass is 19.3. The first-order valence-electron chi connectivity index (χ1n) is 8.58. The van der Waals surface area contributed by atoms with E-state index in [2.05, 4.69) is 16.9 Å². The van der Waals surface area contributed by atoms with E-state index in [0.29, 0.717) is 5.84 Å². The van der Waals surface area contributed by atoms with Gasteiger partial charge in [0, 0.05) is 6.20 Å². The smallest absolute Gasteiger partial charge is 0.320 e. The minimum Gasteiger partial charge on any atom is -0.384 e. The lowest BCUT2D eigenvalue weighted by atomic mass is 10.1. The second-order valence-corrected chi connectivity index (χ2v) is 8.53. The van der Waals surface area contributed by atoms with Crippen molar-refractivity contribution in [1.82, 2.24) is 10.2 Å². The van der Waals surface area contributed by atoms with E-state index in [1.54, 1.807) is 26.8 Å². The average molecular weight is 373 g/mol. The summed E-state index contributed by atoms with van der Waals surface area (Å²) in [6.07, 6.45) is -1.79. The van der Waals surface area contributed by atoms with Crippen LogP contribution in [-0.2, 0) is 9.47 Å². The van der Waals surface area contributed by atoms with E-state index in [1.807, 2.05) is 20.8 Å². The van der Waals surface area contributed by atoms with Crippen LogP contribution >= 0.6 is 0 Å². The summed E-state index contributed by atoms with van der Waals surface area (Å²) in [5, 5.41) is 12.9. The van der Waals surface area contributed by atoms with Gasteiger partial charge in [-0.15, -0.1) is 0 Å². The van der Waals surface area contributed by atoms with E-state index in [4.69, 9.17) is 9.47 Å². The van der Waals surface area contributed by atoms with Crippen molar-refractivity contribution < 1.29 is 23.4 Å². The van der Waals surface area contributed by atoms with E-state index in [-0.39, 0.29) is 18.0 Å². The predicted octanol–water partition coefficient (Wildman–Crippen LogP) is 2.61. The third kappa shape index (κ3) is 4.81. The van der Waals surface area contributed by atoms with E-state index < -0.39 is 30.0 Å². The van der Waals surface area contributed by atoms with Gasteiger partial charge in [-0.1, -0.05) is 6.58 Å². The van der Waals surface area contributed by atoms with E-state index >= 15 is 0 Å². The molecule has 0 amide bonds. The fourth-order valence-corrected chi connectivity index (χ4v) is 2.58. The molecule has 2 aliphatic heterocycles. The molecule has 0 aliphatic carbocycles. The first-order chi connectivity index (χ1) is 11.7. The molecule has 0 radical (unpaired) electrons. The summed E-state index contributed by atoms with van der Waals surface area (Å²) < 4.78 is 40.1. The van der Waals surface area contributed by atoms with E-state index in [0.717, 1.165) is 0 Å². The lowest BCUT2D eigenvalue weighted by Gasteiger charge is -2.35. The molecule has 3 atom stereocenters.